The fourth-order valence-corrected chi connectivity index (χ4v) is 2.46. The minimum absolute atomic E-state index is 0.156. The van der Waals surface area contributed by atoms with Crippen LogP contribution in [0.15, 0.2) is 43.0 Å². The maximum absolute atomic E-state index is 11.6. The Morgan fingerprint density at radius 2 is 2.00 bits per heavy atom. The molecule has 0 saturated carbocycles. The van der Waals surface area contributed by atoms with E-state index in [0.29, 0.717) is 5.56 Å². The molecule has 1 aromatic heterocycles. The largest absolute Gasteiger partial charge is 0.251 e. The summed E-state index contributed by atoms with van der Waals surface area (Å²) in [6, 6.07) is 8.82. The molecule has 6 nitrogen and oxygen atoms in total. The van der Waals surface area contributed by atoms with Crippen molar-refractivity contribution in [1.29, 1.82) is 0 Å². The summed E-state index contributed by atoms with van der Waals surface area (Å²) in [6.07, 6.45) is 2.81. The predicted octanol–water partition coefficient (Wildman–Crippen LogP) is 0.308. The minimum Gasteiger partial charge on any atom is -0.251 e. The number of primary sulfonamides is 1. The summed E-state index contributed by atoms with van der Waals surface area (Å²) >= 11 is 0. The first-order chi connectivity index (χ1) is 8.07. The Balaban J connectivity index is 2.33. The number of hydrogen-bond donors (Lipinski definition) is 1. The number of hydrogen-bond acceptors (Lipinski definition) is 4. The molecule has 1 aromatic carbocycles. The Kier molecular flexibility index (Phi) is 3.21. The van der Waals surface area contributed by atoms with E-state index in [0.717, 1.165) is 0 Å². The summed E-state index contributed by atoms with van der Waals surface area (Å²) < 4.78 is 24.6. The summed E-state index contributed by atoms with van der Waals surface area (Å²) in [5, 5.41) is 8.31. The molecule has 2 aromatic rings. The number of nitrogens with two attached hydrogens (primary N) is 1. The molecule has 0 amide bonds. The van der Waals surface area contributed by atoms with Gasteiger partial charge in [-0.05, 0) is 5.56 Å². The summed E-state index contributed by atoms with van der Waals surface area (Å²) in [7, 11) is -3.68. The van der Waals surface area contributed by atoms with Gasteiger partial charge in [0.05, 0.1) is 6.54 Å². The molecule has 17 heavy (non-hydrogen) atoms. The van der Waals surface area contributed by atoms with Gasteiger partial charge in [0, 0.05) is 0 Å². The van der Waals surface area contributed by atoms with Crippen LogP contribution in [0, 0.1) is 0 Å². The Hall–Kier alpha value is -1.73. The first-order valence-corrected chi connectivity index (χ1v) is 6.57. The third-order valence-corrected chi connectivity index (χ3v) is 3.60. The van der Waals surface area contributed by atoms with Crippen LogP contribution in [-0.2, 0) is 16.6 Å². The highest BCUT2D eigenvalue weighted by Crippen LogP contribution is 2.21. The Morgan fingerprint density at radius 3 is 2.53 bits per heavy atom. The fraction of sp³-hybridized carbons (Fsp3) is 0.200. The van der Waals surface area contributed by atoms with E-state index in [1.165, 1.54) is 17.3 Å². The van der Waals surface area contributed by atoms with Gasteiger partial charge in [-0.2, -0.15) is 5.10 Å². The lowest BCUT2D eigenvalue weighted by Crippen LogP contribution is -2.25. The van der Waals surface area contributed by atoms with E-state index in [1.807, 2.05) is 6.07 Å². The Labute approximate surface area is 99.1 Å². The zero-order valence-corrected chi connectivity index (χ0v) is 9.79. The molecule has 0 aliphatic rings. The van der Waals surface area contributed by atoms with Gasteiger partial charge in [-0.3, -0.25) is 4.68 Å². The average Bonchev–Trinajstić information content (AvgIpc) is 2.78. The van der Waals surface area contributed by atoms with Crippen LogP contribution in [0.4, 0.5) is 0 Å². The van der Waals surface area contributed by atoms with Gasteiger partial charge < -0.3 is 0 Å². The van der Waals surface area contributed by atoms with Crippen LogP contribution in [0.3, 0.4) is 0 Å². The lowest BCUT2D eigenvalue weighted by atomic mass is 10.1. The van der Waals surface area contributed by atoms with E-state index < -0.39 is 15.3 Å². The van der Waals surface area contributed by atoms with E-state index >= 15 is 0 Å². The van der Waals surface area contributed by atoms with E-state index in [2.05, 4.69) is 10.1 Å². The second kappa shape index (κ2) is 4.64. The summed E-state index contributed by atoms with van der Waals surface area (Å²) in [5.41, 5.74) is 0.644. The Bertz CT molecular complexity index is 566. The normalized spacial score (nSPS) is 13.5. The molecule has 1 heterocycles. The van der Waals surface area contributed by atoms with Crippen molar-refractivity contribution in [3.05, 3.63) is 48.5 Å². The third kappa shape index (κ3) is 2.89. The lowest BCUT2D eigenvalue weighted by Gasteiger charge is -2.14. The van der Waals surface area contributed by atoms with Crippen molar-refractivity contribution in [2.75, 3.05) is 0 Å². The van der Waals surface area contributed by atoms with Gasteiger partial charge in [0.2, 0.25) is 10.0 Å². The number of aromatic nitrogens is 3. The first-order valence-electron chi connectivity index (χ1n) is 4.96. The summed E-state index contributed by atoms with van der Waals surface area (Å²) in [5.74, 6) is 0. The van der Waals surface area contributed by atoms with Crippen molar-refractivity contribution in [3.8, 4) is 0 Å². The highest BCUT2D eigenvalue weighted by molar-refractivity contribution is 7.89. The molecule has 0 spiro atoms. The standard InChI is InChI=1S/C10H12N4O2S/c11-17(15,16)10(6-14-8-12-7-13-14)9-4-2-1-3-5-9/h1-5,7-8,10H,6H2,(H2,11,15,16). The molecular formula is C10H12N4O2S. The van der Waals surface area contributed by atoms with Crippen molar-refractivity contribution in [3.63, 3.8) is 0 Å². The molecule has 0 fully saturated rings. The second-order valence-corrected chi connectivity index (χ2v) is 5.35. The first kappa shape index (κ1) is 11.7. The number of sulfonamides is 1. The minimum atomic E-state index is -3.68. The molecule has 0 bridgehead atoms. The highest BCUT2D eigenvalue weighted by atomic mass is 32.2. The highest BCUT2D eigenvalue weighted by Gasteiger charge is 2.24. The zero-order valence-electron chi connectivity index (χ0n) is 8.97. The molecule has 0 aliphatic heterocycles. The van der Waals surface area contributed by atoms with Crippen LogP contribution in [0.1, 0.15) is 10.8 Å². The molecule has 0 radical (unpaired) electrons. The van der Waals surface area contributed by atoms with Crippen LogP contribution < -0.4 is 5.14 Å². The summed E-state index contributed by atoms with van der Waals surface area (Å²) in [4.78, 5) is 3.77. The maximum Gasteiger partial charge on any atom is 0.218 e. The van der Waals surface area contributed by atoms with Crippen LogP contribution in [-0.4, -0.2) is 23.2 Å². The predicted molar refractivity (Wildman–Crippen MR) is 62.3 cm³/mol. The zero-order chi connectivity index (χ0) is 12.3. The van der Waals surface area contributed by atoms with Crippen molar-refractivity contribution in [2.45, 2.75) is 11.8 Å². The number of nitrogens with zero attached hydrogens (tertiary/aromatic N) is 3. The summed E-state index contributed by atoms with van der Waals surface area (Å²) in [6.45, 7) is 0.156. The van der Waals surface area contributed by atoms with Crippen molar-refractivity contribution < 1.29 is 8.42 Å². The van der Waals surface area contributed by atoms with E-state index in [-0.39, 0.29) is 6.54 Å². The van der Waals surface area contributed by atoms with Crippen LogP contribution in [0.2, 0.25) is 0 Å². The molecule has 2 rings (SSSR count). The van der Waals surface area contributed by atoms with E-state index in [9.17, 15) is 8.42 Å². The van der Waals surface area contributed by atoms with Gasteiger partial charge in [0.15, 0.2) is 0 Å². The molecular weight excluding hydrogens is 240 g/mol. The third-order valence-electron chi connectivity index (χ3n) is 2.39. The lowest BCUT2D eigenvalue weighted by molar-refractivity contribution is 0.543. The van der Waals surface area contributed by atoms with Gasteiger partial charge >= 0.3 is 0 Å². The molecule has 0 saturated heterocycles. The van der Waals surface area contributed by atoms with Gasteiger partial charge in [-0.25, -0.2) is 18.5 Å². The molecule has 7 heteroatoms. The van der Waals surface area contributed by atoms with Crippen LogP contribution >= 0.6 is 0 Å². The average molecular weight is 252 g/mol. The van der Waals surface area contributed by atoms with Gasteiger partial charge in [0.1, 0.15) is 17.9 Å². The topological polar surface area (TPSA) is 90.9 Å². The van der Waals surface area contributed by atoms with Crippen molar-refractivity contribution in [1.82, 2.24) is 14.8 Å². The second-order valence-electron chi connectivity index (χ2n) is 3.61. The monoisotopic (exact) mass is 252 g/mol. The van der Waals surface area contributed by atoms with Crippen molar-refractivity contribution in [2.24, 2.45) is 5.14 Å². The molecule has 2 N–H and O–H groups in total. The van der Waals surface area contributed by atoms with Crippen molar-refractivity contribution >= 4 is 10.0 Å². The molecule has 1 unspecified atom stereocenters. The fourth-order valence-electron chi connectivity index (χ4n) is 1.56. The smallest absolute Gasteiger partial charge is 0.218 e. The van der Waals surface area contributed by atoms with Crippen LogP contribution in [0.25, 0.3) is 0 Å². The molecule has 1 atom stereocenters. The van der Waals surface area contributed by atoms with Gasteiger partial charge in [-0.1, -0.05) is 30.3 Å². The van der Waals surface area contributed by atoms with Crippen LogP contribution in [0.5, 0.6) is 0 Å². The van der Waals surface area contributed by atoms with E-state index in [1.54, 1.807) is 24.3 Å². The van der Waals surface area contributed by atoms with Gasteiger partial charge in [-0.15, -0.1) is 0 Å². The molecule has 90 valence electrons. The maximum atomic E-state index is 11.6. The number of benzene rings is 1. The number of rotatable bonds is 4. The Morgan fingerprint density at radius 1 is 1.29 bits per heavy atom. The van der Waals surface area contributed by atoms with E-state index in [4.69, 9.17) is 5.14 Å². The SMILES string of the molecule is NS(=O)(=O)C(Cn1cncn1)c1ccccc1. The quantitative estimate of drug-likeness (QED) is 0.847. The molecule has 0 aliphatic carbocycles. The van der Waals surface area contributed by atoms with Gasteiger partial charge in [0.25, 0.3) is 0 Å².